The van der Waals surface area contributed by atoms with Crippen LogP contribution < -0.4 is 0 Å². The lowest BCUT2D eigenvalue weighted by atomic mass is 10.0. The first kappa shape index (κ1) is 10.8. The fourth-order valence-electron chi connectivity index (χ4n) is 1.24. The Morgan fingerprint density at radius 1 is 1.38 bits per heavy atom. The van der Waals surface area contributed by atoms with Crippen LogP contribution in [0.4, 0.5) is 4.39 Å². The van der Waals surface area contributed by atoms with Crippen molar-refractivity contribution in [3.8, 4) is 0 Å². The first-order chi connectivity index (χ1) is 6.11. The standard InChI is InChI=1S/C7H13FO5/c1-12-7-6(11)5(10)4(8)3(2-9)13-7/h3-7,9-11H,2H2,1H3/t3-,4+,5-,6+,7-/m1/s1. The van der Waals surface area contributed by atoms with Crippen molar-refractivity contribution in [2.45, 2.75) is 30.8 Å². The van der Waals surface area contributed by atoms with Gasteiger partial charge in [-0.3, -0.25) is 0 Å². The maximum Gasteiger partial charge on any atom is 0.186 e. The number of rotatable bonds is 2. The van der Waals surface area contributed by atoms with Gasteiger partial charge in [-0.2, -0.15) is 0 Å². The summed E-state index contributed by atoms with van der Waals surface area (Å²) in [5.41, 5.74) is 0. The zero-order valence-electron chi connectivity index (χ0n) is 7.13. The molecule has 0 amide bonds. The molecule has 0 unspecified atom stereocenters. The van der Waals surface area contributed by atoms with Crippen LogP contribution in [0.5, 0.6) is 0 Å². The van der Waals surface area contributed by atoms with Crippen LogP contribution in [0.2, 0.25) is 0 Å². The minimum absolute atomic E-state index is 0.565. The molecule has 1 fully saturated rings. The largest absolute Gasteiger partial charge is 0.394 e. The van der Waals surface area contributed by atoms with Crippen molar-refractivity contribution in [2.24, 2.45) is 0 Å². The van der Waals surface area contributed by atoms with Gasteiger partial charge in [-0.15, -0.1) is 0 Å². The molecular formula is C7H13FO5. The number of alkyl halides is 1. The molecule has 0 bridgehead atoms. The molecule has 1 heterocycles. The summed E-state index contributed by atoms with van der Waals surface area (Å²) in [6.45, 7) is -0.565. The van der Waals surface area contributed by atoms with Gasteiger partial charge < -0.3 is 24.8 Å². The Balaban J connectivity index is 2.66. The van der Waals surface area contributed by atoms with Crippen molar-refractivity contribution < 1.29 is 29.2 Å². The molecule has 0 spiro atoms. The topological polar surface area (TPSA) is 79.2 Å². The van der Waals surface area contributed by atoms with E-state index in [9.17, 15) is 9.50 Å². The van der Waals surface area contributed by atoms with Crippen LogP contribution >= 0.6 is 0 Å². The van der Waals surface area contributed by atoms with Gasteiger partial charge in [0, 0.05) is 7.11 Å². The lowest BCUT2D eigenvalue weighted by Crippen LogP contribution is -2.57. The van der Waals surface area contributed by atoms with Gasteiger partial charge in [-0.1, -0.05) is 0 Å². The van der Waals surface area contributed by atoms with E-state index in [1.807, 2.05) is 0 Å². The predicted octanol–water partition coefficient (Wildman–Crippen LogP) is -1.59. The number of methoxy groups -OCH3 is 1. The number of aliphatic hydroxyl groups is 3. The Labute approximate surface area is 74.7 Å². The van der Waals surface area contributed by atoms with Crippen molar-refractivity contribution in [2.75, 3.05) is 13.7 Å². The first-order valence-corrected chi connectivity index (χ1v) is 3.91. The third-order valence-corrected chi connectivity index (χ3v) is 2.03. The molecule has 0 aromatic carbocycles. The summed E-state index contributed by atoms with van der Waals surface area (Å²) in [4.78, 5) is 0. The Morgan fingerprint density at radius 2 is 2.00 bits per heavy atom. The summed E-state index contributed by atoms with van der Waals surface area (Å²) < 4.78 is 22.5. The summed E-state index contributed by atoms with van der Waals surface area (Å²) in [5, 5.41) is 27.0. The average Bonchev–Trinajstić information content (AvgIpc) is 2.15. The minimum atomic E-state index is -1.80. The van der Waals surface area contributed by atoms with E-state index in [0.717, 1.165) is 0 Å². The van der Waals surface area contributed by atoms with Crippen molar-refractivity contribution in [1.82, 2.24) is 0 Å². The second-order valence-electron chi connectivity index (χ2n) is 2.89. The van der Waals surface area contributed by atoms with Gasteiger partial charge in [-0.25, -0.2) is 4.39 Å². The Hall–Kier alpha value is -0.270. The molecule has 0 aliphatic carbocycles. The van der Waals surface area contributed by atoms with Crippen LogP contribution in [0.25, 0.3) is 0 Å². The normalized spacial score (nSPS) is 46.4. The second kappa shape index (κ2) is 4.30. The summed E-state index contributed by atoms with van der Waals surface area (Å²) >= 11 is 0. The van der Waals surface area contributed by atoms with Crippen LogP contribution in [0.3, 0.4) is 0 Å². The molecule has 5 nitrogen and oxygen atoms in total. The van der Waals surface area contributed by atoms with Gasteiger partial charge in [0.15, 0.2) is 12.5 Å². The monoisotopic (exact) mass is 196 g/mol. The van der Waals surface area contributed by atoms with Crippen LogP contribution in [-0.2, 0) is 9.47 Å². The highest BCUT2D eigenvalue weighted by molar-refractivity contribution is 4.88. The third-order valence-electron chi connectivity index (χ3n) is 2.03. The molecule has 1 aliphatic heterocycles. The zero-order valence-corrected chi connectivity index (χ0v) is 7.13. The minimum Gasteiger partial charge on any atom is -0.394 e. The van der Waals surface area contributed by atoms with Crippen LogP contribution in [-0.4, -0.2) is 59.8 Å². The van der Waals surface area contributed by atoms with E-state index in [4.69, 9.17) is 14.9 Å². The number of ether oxygens (including phenoxy) is 2. The van der Waals surface area contributed by atoms with Gasteiger partial charge in [0.25, 0.3) is 0 Å². The predicted molar refractivity (Wildman–Crippen MR) is 39.7 cm³/mol. The highest BCUT2D eigenvalue weighted by atomic mass is 19.1. The molecule has 0 aromatic rings. The SMILES string of the molecule is CO[C@@H]1O[C@H](CO)[C@H](F)[C@@H](O)[C@@H]1O. The van der Waals surface area contributed by atoms with Gasteiger partial charge in [0.05, 0.1) is 6.61 Å². The van der Waals surface area contributed by atoms with E-state index in [0.29, 0.717) is 0 Å². The number of hydrogen-bond donors (Lipinski definition) is 3. The Kier molecular flexibility index (Phi) is 3.57. The highest BCUT2D eigenvalue weighted by Crippen LogP contribution is 2.23. The molecule has 0 saturated carbocycles. The maximum absolute atomic E-state index is 13.1. The van der Waals surface area contributed by atoms with E-state index in [1.165, 1.54) is 7.11 Å². The van der Waals surface area contributed by atoms with E-state index < -0.39 is 37.4 Å². The van der Waals surface area contributed by atoms with Crippen LogP contribution in [0, 0.1) is 0 Å². The highest BCUT2D eigenvalue weighted by Gasteiger charge is 2.44. The van der Waals surface area contributed by atoms with Crippen molar-refractivity contribution in [3.63, 3.8) is 0 Å². The molecule has 0 aromatic heterocycles. The average molecular weight is 196 g/mol. The maximum atomic E-state index is 13.1. The number of halogens is 1. The fourth-order valence-corrected chi connectivity index (χ4v) is 1.24. The van der Waals surface area contributed by atoms with Gasteiger partial charge in [0.1, 0.15) is 18.3 Å². The zero-order chi connectivity index (χ0) is 10.0. The quantitative estimate of drug-likeness (QED) is 0.496. The first-order valence-electron chi connectivity index (χ1n) is 3.91. The van der Waals surface area contributed by atoms with E-state index in [-0.39, 0.29) is 0 Å². The molecule has 3 N–H and O–H groups in total. The summed E-state index contributed by atoms with van der Waals surface area (Å²) in [5.74, 6) is 0. The van der Waals surface area contributed by atoms with Crippen molar-refractivity contribution in [1.29, 1.82) is 0 Å². The molecule has 1 saturated heterocycles. The van der Waals surface area contributed by atoms with Crippen LogP contribution in [0.1, 0.15) is 0 Å². The molecule has 1 aliphatic rings. The molecule has 13 heavy (non-hydrogen) atoms. The van der Waals surface area contributed by atoms with Crippen LogP contribution in [0.15, 0.2) is 0 Å². The molecule has 5 atom stereocenters. The molecule has 0 radical (unpaired) electrons. The Morgan fingerprint density at radius 3 is 2.46 bits per heavy atom. The lowest BCUT2D eigenvalue weighted by molar-refractivity contribution is -0.283. The van der Waals surface area contributed by atoms with Crippen molar-refractivity contribution >= 4 is 0 Å². The molecule has 78 valence electrons. The van der Waals surface area contributed by atoms with Gasteiger partial charge in [-0.05, 0) is 0 Å². The lowest BCUT2D eigenvalue weighted by Gasteiger charge is -2.37. The number of aliphatic hydroxyl groups excluding tert-OH is 3. The van der Waals surface area contributed by atoms with E-state index in [2.05, 4.69) is 4.74 Å². The van der Waals surface area contributed by atoms with Gasteiger partial charge in [0.2, 0.25) is 0 Å². The molecule has 6 heteroatoms. The summed E-state index contributed by atoms with van der Waals surface area (Å²) in [7, 11) is 1.26. The summed E-state index contributed by atoms with van der Waals surface area (Å²) in [6.07, 6.45) is -7.06. The second-order valence-corrected chi connectivity index (χ2v) is 2.89. The summed E-state index contributed by atoms with van der Waals surface area (Å²) in [6, 6.07) is 0. The molecular weight excluding hydrogens is 183 g/mol. The van der Waals surface area contributed by atoms with Crippen molar-refractivity contribution in [3.05, 3.63) is 0 Å². The van der Waals surface area contributed by atoms with E-state index in [1.54, 1.807) is 0 Å². The fraction of sp³-hybridized carbons (Fsp3) is 1.00. The van der Waals surface area contributed by atoms with E-state index >= 15 is 0 Å². The number of hydrogen-bond acceptors (Lipinski definition) is 5. The third kappa shape index (κ3) is 1.97. The Bertz CT molecular complexity index is 147. The molecule has 1 rings (SSSR count). The van der Waals surface area contributed by atoms with Gasteiger partial charge >= 0.3 is 0 Å². The smallest absolute Gasteiger partial charge is 0.186 e.